The first-order valence-corrected chi connectivity index (χ1v) is 29.8. The molecule has 0 aromatic heterocycles. The third-order valence-corrected chi connectivity index (χ3v) is 23.3. The predicted octanol–water partition coefficient (Wildman–Crippen LogP) is 8.77. The van der Waals surface area contributed by atoms with Gasteiger partial charge >= 0.3 is 11.9 Å². The predicted molar refractivity (Wildman–Crippen MR) is 309 cm³/mol. The van der Waals surface area contributed by atoms with Crippen LogP contribution in [0.4, 0.5) is 0 Å². The van der Waals surface area contributed by atoms with Crippen molar-refractivity contribution in [1.29, 1.82) is 0 Å². The molecule has 1 aliphatic heterocycles. The van der Waals surface area contributed by atoms with Crippen molar-refractivity contribution in [3.05, 3.63) is 253 Å². The number of benzene rings is 8. The third kappa shape index (κ3) is 13.2. The number of hydrogen-bond acceptors (Lipinski definition) is 6. The minimum Gasteiger partial charge on any atom is -0.480 e. The highest BCUT2D eigenvalue weighted by Crippen LogP contribution is 2.59. The van der Waals surface area contributed by atoms with E-state index in [0.717, 1.165) is 12.3 Å². The fraction of sp³-hybridized carbons (Fsp3) is 0.219. The van der Waals surface area contributed by atoms with Crippen LogP contribution in [0.5, 0.6) is 0 Å². The molecule has 9 rings (SSSR count). The van der Waals surface area contributed by atoms with Crippen LogP contribution in [-0.2, 0) is 35.0 Å². The summed E-state index contributed by atoms with van der Waals surface area (Å²) in [5.41, 5.74) is 4.88. The Hall–Kier alpha value is -6.60. The van der Waals surface area contributed by atoms with Gasteiger partial charge in [-0.1, -0.05) is 158 Å². The third-order valence-electron chi connectivity index (χ3n) is 14.5. The van der Waals surface area contributed by atoms with E-state index in [9.17, 15) is 19.8 Å². The quantitative estimate of drug-likeness (QED) is 0.0827. The fourth-order valence-electron chi connectivity index (χ4n) is 10.7. The Morgan fingerprint density at radius 2 is 0.500 bits per heavy atom. The van der Waals surface area contributed by atoms with Crippen molar-refractivity contribution >= 4 is 58.3 Å². The maximum atomic E-state index is 12.3. The van der Waals surface area contributed by atoms with Gasteiger partial charge in [0.25, 0.3) is 0 Å². The van der Waals surface area contributed by atoms with Gasteiger partial charge in [0, 0.05) is 65.4 Å². The monoisotopic (exact) mass is 1020 g/mol. The summed E-state index contributed by atoms with van der Waals surface area (Å²) in [5, 5.41) is 28.3. The van der Waals surface area contributed by atoms with Gasteiger partial charge in [0.1, 0.15) is 46.4 Å². The van der Waals surface area contributed by atoms with E-state index in [1.807, 2.05) is 0 Å². The molecule has 0 atom stereocenters. The average Bonchev–Trinajstić information content (AvgIpc) is 3.44. The highest BCUT2D eigenvalue weighted by atomic mass is 31.2. The van der Waals surface area contributed by atoms with Crippen molar-refractivity contribution in [1.82, 2.24) is 19.6 Å². The topological polar surface area (TPSA) is 87.6 Å². The lowest BCUT2D eigenvalue weighted by Crippen LogP contribution is -2.47. The zero-order valence-corrected chi connectivity index (χ0v) is 44.0. The number of hydrogen-bond donors (Lipinski definition) is 2. The molecule has 1 aliphatic rings. The van der Waals surface area contributed by atoms with Crippen LogP contribution in [0, 0.1) is 0 Å². The normalized spacial score (nSPS) is 14.9. The molecule has 0 bridgehead atoms. The number of carboxylic acid groups (broad SMARTS) is 2. The van der Waals surface area contributed by atoms with Gasteiger partial charge in [0.05, 0.1) is 25.4 Å². The van der Waals surface area contributed by atoms with Crippen LogP contribution in [0.25, 0.3) is 0 Å². The molecule has 1 heterocycles. The molecular weight excluding hydrogens is 951 g/mol. The molecule has 2 N–H and O–H groups in total. The van der Waals surface area contributed by atoms with E-state index in [2.05, 4.69) is 250 Å². The Balaban J connectivity index is 0.908. The number of nitrogens with zero attached hydrogens (tertiary/aromatic N) is 4. The Labute approximate surface area is 439 Å². The molecule has 8 aromatic carbocycles. The van der Waals surface area contributed by atoms with Crippen molar-refractivity contribution in [3.63, 3.8) is 0 Å². The van der Waals surface area contributed by atoms with Crippen LogP contribution in [0.15, 0.2) is 231 Å². The first-order valence-electron chi connectivity index (χ1n) is 25.9. The molecule has 8 aromatic rings. The molecule has 0 radical (unpaired) electrons. The van der Waals surface area contributed by atoms with Crippen LogP contribution in [0.1, 0.15) is 22.3 Å². The molecule has 0 spiro atoms. The maximum absolute atomic E-state index is 12.3. The molecular formula is C64H68N4O4P2+2. The minimum atomic E-state index is -2.07. The standard InChI is InChI=1S/C64H66N4O4P2/c69-63(70)49-67-43-39-65(47-53-31-35-55(36-32-53)51-73(57-19-7-1-8-20-57,58-21-9-2-10-22-58)59-23-11-3-12-24-59)40-44-68(50-64(71)72)46-42-66(41-45-67)48-54-33-37-56(38-34-54)52-74(60-25-13-4-14-26-60,61-27-15-5-16-28-61)62-29-17-6-18-30-62/h1-38H,39-52H2/p+2. The first-order chi connectivity index (χ1) is 36.3. The molecule has 1 saturated heterocycles. The van der Waals surface area contributed by atoms with E-state index >= 15 is 0 Å². The number of rotatable bonds is 18. The van der Waals surface area contributed by atoms with E-state index < -0.39 is 26.5 Å². The van der Waals surface area contributed by atoms with Crippen molar-refractivity contribution in [3.8, 4) is 0 Å². The van der Waals surface area contributed by atoms with E-state index in [-0.39, 0.29) is 13.1 Å². The Kier molecular flexibility index (Phi) is 18.1. The lowest BCUT2D eigenvalue weighted by atomic mass is 10.1. The molecule has 10 heteroatoms. The zero-order chi connectivity index (χ0) is 51.0. The summed E-state index contributed by atoms with van der Waals surface area (Å²) < 4.78 is 0. The Morgan fingerprint density at radius 1 is 0.297 bits per heavy atom. The smallest absolute Gasteiger partial charge is 0.317 e. The van der Waals surface area contributed by atoms with Gasteiger partial charge in [-0.25, -0.2) is 0 Å². The van der Waals surface area contributed by atoms with Crippen LogP contribution < -0.4 is 31.8 Å². The molecule has 0 saturated carbocycles. The van der Waals surface area contributed by atoms with E-state index in [1.54, 1.807) is 0 Å². The van der Waals surface area contributed by atoms with E-state index in [4.69, 9.17) is 0 Å². The van der Waals surface area contributed by atoms with Crippen LogP contribution in [0.2, 0.25) is 0 Å². The summed E-state index contributed by atoms with van der Waals surface area (Å²) in [6, 6.07) is 83.8. The second-order valence-corrected chi connectivity index (χ2v) is 26.4. The van der Waals surface area contributed by atoms with Crippen molar-refractivity contribution in [2.24, 2.45) is 0 Å². The van der Waals surface area contributed by atoms with Gasteiger partial charge in [-0.2, -0.15) is 0 Å². The summed E-state index contributed by atoms with van der Waals surface area (Å²) >= 11 is 0. The first kappa shape index (κ1) is 52.3. The number of aliphatic carboxylic acids is 2. The molecule has 8 nitrogen and oxygen atoms in total. The highest BCUT2D eigenvalue weighted by Gasteiger charge is 2.46. The van der Waals surface area contributed by atoms with Gasteiger partial charge in [-0.05, 0) is 95.1 Å². The van der Waals surface area contributed by atoms with E-state index in [1.165, 1.54) is 54.1 Å². The van der Waals surface area contributed by atoms with Crippen molar-refractivity contribution in [2.75, 3.05) is 65.4 Å². The second-order valence-electron chi connectivity index (χ2n) is 19.5. The maximum Gasteiger partial charge on any atom is 0.317 e. The van der Waals surface area contributed by atoms with Crippen LogP contribution in [0.3, 0.4) is 0 Å². The van der Waals surface area contributed by atoms with Gasteiger partial charge < -0.3 is 10.2 Å². The minimum absolute atomic E-state index is 0.0412. The Morgan fingerprint density at radius 3 is 0.716 bits per heavy atom. The average molecular weight is 1020 g/mol. The summed E-state index contributed by atoms with van der Waals surface area (Å²) in [6.07, 6.45) is 1.76. The van der Waals surface area contributed by atoms with Crippen LogP contribution >= 0.6 is 14.5 Å². The summed E-state index contributed by atoms with van der Waals surface area (Å²) in [4.78, 5) is 33.5. The zero-order valence-electron chi connectivity index (χ0n) is 42.2. The lowest BCUT2D eigenvalue weighted by molar-refractivity contribution is -0.139. The second kappa shape index (κ2) is 25.6. The Bertz CT molecular complexity index is 2560. The largest absolute Gasteiger partial charge is 0.480 e. The molecule has 0 amide bonds. The van der Waals surface area contributed by atoms with Gasteiger partial charge in [-0.15, -0.1) is 0 Å². The number of carbonyl (C=O) groups is 2. The van der Waals surface area contributed by atoms with Crippen molar-refractivity contribution in [2.45, 2.75) is 25.4 Å². The van der Waals surface area contributed by atoms with Gasteiger partial charge in [0.15, 0.2) is 0 Å². The molecule has 1 fully saturated rings. The highest BCUT2D eigenvalue weighted by molar-refractivity contribution is 7.95. The summed E-state index contributed by atoms with van der Waals surface area (Å²) in [5.74, 6) is -1.68. The molecule has 376 valence electrons. The fourth-order valence-corrected chi connectivity index (χ4v) is 19.2. The SMILES string of the molecule is O=C(O)CN1CCN(Cc2ccc(C[P+](c3ccccc3)(c3ccccc3)c3ccccc3)cc2)CCN(CC(=O)O)CCN(Cc2ccc(C[P+](c3ccccc3)(c3ccccc3)c3ccccc3)cc2)CC1. The van der Waals surface area contributed by atoms with Crippen LogP contribution in [-0.4, -0.2) is 107 Å². The van der Waals surface area contributed by atoms with Crippen molar-refractivity contribution < 1.29 is 19.8 Å². The number of carboxylic acids is 2. The van der Waals surface area contributed by atoms with Gasteiger partial charge in [0.2, 0.25) is 0 Å². The van der Waals surface area contributed by atoms with E-state index in [0.29, 0.717) is 65.4 Å². The molecule has 0 unspecified atom stereocenters. The molecule has 74 heavy (non-hydrogen) atoms. The summed E-state index contributed by atoms with van der Waals surface area (Å²) in [7, 11) is -4.15. The molecule has 0 aliphatic carbocycles. The lowest BCUT2D eigenvalue weighted by Gasteiger charge is -2.33. The summed E-state index contributed by atoms with van der Waals surface area (Å²) in [6.45, 7) is 6.21. The van der Waals surface area contributed by atoms with Gasteiger partial charge in [-0.3, -0.25) is 29.2 Å².